The number of hydrazone groups is 1. The molecule has 1 amide bonds. The molecule has 9 heteroatoms. The Morgan fingerprint density at radius 2 is 2.07 bits per heavy atom. The Morgan fingerprint density at radius 1 is 1.25 bits per heavy atom. The van der Waals surface area contributed by atoms with Crippen molar-refractivity contribution in [3.8, 4) is 5.75 Å². The number of ether oxygens (including phenoxy) is 1. The lowest BCUT2D eigenvalue weighted by Crippen LogP contribution is -2.28. The summed E-state index contributed by atoms with van der Waals surface area (Å²) in [5, 5.41) is 11.8. The maximum Gasteiger partial charge on any atom is 0.342 e. The van der Waals surface area contributed by atoms with Gasteiger partial charge in [-0.1, -0.05) is 30.3 Å². The number of benzene rings is 2. The van der Waals surface area contributed by atoms with Crippen molar-refractivity contribution in [2.45, 2.75) is 19.8 Å². The van der Waals surface area contributed by atoms with Crippen molar-refractivity contribution in [2.24, 2.45) is 5.10 Å². The largest absolute Gasteiger partial charge is 0.493 e. The number of aryl methyl sites for hydroxylation is 1. The lowest BCUT2D eigenvalue weighted by molar-refractivity contribution is -0.121. The number of amides is 1. The zero-order valence-electron chi connectivity index (χ0n) is 15.2. The van der Waals surface area contributed by atoms with Crippen LogP contribution in [0.4, 0.5) is 0 Å². The van der Waals surface area contributed by atoms with Gasteiger partial charge >= 0.3 is 5.69 Å². The van der Waals surface area contributed by atoms with Crippen molar-refractivity contribution < 1.29 is 9.53 Å². The molecule has 0 aliphatic heterocycles. The number of H-pyrrole nitrogens is 2. The highest BCUT2D eigenvalue weighted by Gasteiger charge is 2.08. The number of rotatable bonds is 7. The molecule has 0 aliphatic carbocycles. The van der Waals surface area contributed by atoms with E-state index < -0.39 is 11.2 Å². The third-order valence-electron chi connectivity index (χ3n) is 3.98. The summed E-state index contributed by atoms with van der Waals surface area (Å²) in [6.45, 7) is 2.40. The van der Waals surface area contributed by atoms with E-state index in [1.807, 2.05) is 43.3 Å². The Hall–Kier alpha value is -3.75. The molecule has 0 atom stereocenters. The third-order valence-corrected chi connectivity index (χ3v) is 3.98. The van der Waals surface area contributed by atoms with Crippen molar-refractivity contribution in [1.29, 1.82) is 0 Å². The molecule has 9 nitrogen and oxygen atoms in total. The van der Waals surface area contributed by atoms with E-state index in [1.165, 1.54) is 6.21 Å². The number of aromatic amines is 2. The van der Waals surface area contributed by atoms with Crippen LogP contribution in [0.2, 0.25) is 0 Å². The van der Waals surface area contributed by atoms with E-state index in [-0.39, 0.29) is 24.4 Å². The van der Waals surface area contributed by atoms with E-state index in [2.05, 4.69) is 25.7 Å². The Balaban J connectivity index is 1.70. The molecule has 0 radical (unpaired) electrons. The molecule has 144 valence electrons. The molecule has 0 aliphatic rings. The molecule has 0 saturated carbocycles. The number of hydrogen-bond donors (Lipinski definition) is 3. The predicted octanol–water partition coefficient (Wildman–Crippen LogP) is 1.09. The molecule has 0 fully saturated rings. The number of nitrogens with one attached hydrogen (secondary N) is 3. The first-order valence-electron chi connectivity index (χ1n) is 8.73. The summed E-state index contributed by atoms with van der Waals surface area (Å²) in [6.07, 6.45) is 1.61. The van der Waals surface area contributed by atoms with E-state index in [9.17, 15) is 14.4 Å². The number of carbonyl (C=O) groups is 1. The summed E-state index contributed by atoms with van der Waals surface area (Å²) < 4.78 is 5.65. The molecule has 1 aromatic heterocycles. The highest BCUT2D eigenvalue weighted by atomic mass is 16.5. The summed E-state index contributed by atoms with van der Waals surface area (Å²) in [5.74, 6) is 0.282. The van der Waals surface area contributed by atoms with Crippen molar-refractivity contribution in [3.63, 3.8) is 0 Å². The number of aromatic nitrogens is 3. The summed E-state index contributed by atoms with van der Waals surface area (Å²) in [5.41, 5.74) is 1.96. The summed E-state index contributed by atoms with van der Waals surface area (Å²) in [7, 11) is 0. The minimum atomic E-state index is -0.692. The van der Waals surface area contributed by atoms with E-state index in [1.54, 1.807) is 0 Å². The fourth-order valence-electron chi connectivity index (χ4n) is 2.69. The van der Waals surface area contributed by atoms with Gasteiger partial charge in [-0.25, -0.2) is 15.3 Å². The van der Waals surface area contributed by atoms with E-state index >= 15 is 0 Å². The molecular formula is C19H19N5O4. The molecule has 0 spiro atoms. The van der Waals surface area contributed by atoms with Gasteiger partial charge in [0.25, 0.3) is 5.56 Å². The lowest BCUT2D eigenvalue weighted by Gasteiger charge is -2.10. The van der Waals surface area contributed by atoms with Gasteiger partial charge in [-0.05, 0) is 23.8 Å². The fraction of sp³-hybridized carbons (Fsp3) is 0.211. The molecule has 2 aromatic carbocycles. The average molecular weight is 381 g/mol. The minimum Gasteiger partial charge on any atom is -0.493 e. The van der Waals surface area contributed by atoms with Crippen LogP contribution in [-0.4, -0.2) is 33.9 Å². The maximum absolute atomic E-state index is 12.0. The van der Waals surface area contributed by atoms with Crippen LogP contribution in [0.25, 0.3) is 10.8 Å². The number of carbonyl (C=O) groups excluding carboxylic acids is 1. The van der Waals surface area contributed by atoms with Gasteiger partial charge in [0.05, 0.1) is 12.8 Å². The molecule has 3 aromatic rings. The van der Waals surface area contributed by atoms with Crippen molar-refractivity contribution in [1.82, 2.24) is 20.6 Å². The first-order chi connectivity index (χ1) is 13.6. The van der Waals surface area contributed by atoms with Crippen LogP contribution in [0, 0.1) is 0 Å². The lowest BCUT2D eigenvalue weighted by atomic mass is 10.0. The second kappa shape index (κ2) is 8.76. The van der Waals surface area contributed by atoms with Crippen LogP contribution in [0.5, 0.6) is 5.75 Å². The van der Waals surface area contributed by atoms with Crippen LogP contribution >= 0.6 is 0 Å². The molecule has 3 N–H and O–H groups in total. The molecule has 0 bridgehead atoms. The van der Waals surface area contributed by atoms with Crippen molar-refractivity contribution >= 4 is 22.9 Å². The van der Waals surface area contributed by atoms with Gasteiger partial charge in [-0.2, -0.15) is 10.2 Å². The highest BCUT2D eigenvalue weighted by molar-refractivity contribution is 6.02. The Labute approximate surface area is 159 Å². The minimum absolute atomic E-state index is 0.00663. The van der Waals surface area contributed by atoms with Crippen LogP contribution in [0.3, 0.4) is 0 Å². The number of hydrogen-bond acceptors (Lipinski definition) is 6. The first-order valence-corrected chi connectivity index (χ1v) is 8.73. The first kappa shape index (κ1) is 19.0. The molecular weight excluding hydrogens is 362 g/mol. The van der Waals surface area contributed by atoms with Crippen LogP contribution < -0.4 is 21.4 Å². The van der Waals surface area contributed by atoms with Crippen molar-refractivity contribution in [2.75, 3.05) is 6.61 Å². The Morgan fingerprint density at radius 3 is 2.86 bits per heavy atom. The maximum atomic E-state index is 12.0. The quantitative estimate of drug-likeness (QED) is 0.417. The van der Waals surface area contributed by atoms with Crippen LogP contribution in [0.15, 0.2) is 51.1 Å². The molecule has 0 unspecified atom stereocenters. The monoisotopic (exact) mass is 381 g/mol. The standard InChI is InChI=1S/C19H19N5O4/c1-2-28-16-9-7-12-5-3-4-6-13(12)14(16)11-20-23-17(25)10-8-15-18(26)21-19(27)24-22-15/h3-7,9,11H,2,8,10H2,1H3,(H,23,25)(H2,21,24,26,27)/b20-11+. The summed E-state index contributed by atoms with van der Waals surface area (Å²) in [4.78, 5) is 36.6. The van der Waals surface area contributed by atoms with Gasteiger partial charge in [0.1, 0.15) is 11.4 Å². The number of nitrogens with zero attached hydrogens (tertiary/aromatic N) is 2. The van der Waals surface area contributed by atoms with Gasteiger partial charge < -0.3 is 4.74 Å². The smallest absolute Gasteiger partial charge is 0.342 e. The molecule has 3 rings (SSSR count). The van der Waals surface area contributed by atoms with E-state index in [0.717, 1.165) is 16.3 Å². The van der Waals surface area contributed by atoms with Gasteiger partial charge in [0, 0.05) is 18.4 Å². The van der Waals surface area contributed by atoms with Gasteiger partial charge in [0.15, 0.2) is 0 Å². The second-order valence-electron chi connectivity index (χ2n) is 5.88. The van der Waals surface area contributed by atoms with E-state index in [4.69, 9.17) is 4.74 Å². The van der Waals surface area contributed by atoms with Crippen LogP contribution in [-0.2, 0) is 11.2 Å². The van der Waals surface area contributed by atoms with Crippen LogP contribution in [0.1, 0.15) is 24.6 Å². The average Bonchev–Trinajstić information content (AvgIpc) is 2.69. The SMILES string of the molecule is CCOc1ccc2ccccc2c1/C=N/NC(=O)CCc1n[nH]c(=O)[nH]c1=O. The van der Waals surface area contributed by atoms with E-state index in [0.29, 0.717) is 12.4 Å². The summed E-state index contributed by atoms with van der Waals surface area (Å²) in [6, 6.07) is 11.6. The van der Waals surface area contributed by atoms with Crippen molar-refractivity contribution in [3.05, 3.63) is 68.5 Å². The molecule has 0 saturated heterocycles. The molecule has 1 heterocycles. The number of fused-ring (bicyclic) bond motifs is 1. The zero-order chi connectivity index (χ0) is 19.9. The van der Waals surface area contributed by atoms with Gasteiger partial charge in [-0.3, -0.25) is 14.6 Å². The topological polar surface area (TPSA) is 129 Å². The summed E-state index contributed by atoms with van der Waals surface area (Å²) >= 11 is 0. The highest BCUT2D eigenvalue weighted by Crippen LogP contribution is 2.26. The van der Waals surface area contributed by atoms with Gasteiger partial charge in [0.2, 0.25) is 5.91 Å². The normalized spacial score (nSPS) is 11.0. The van der Waals surface area contributed by atoms with Gasteiger partial charge in [-0.15, -0.1) is 0 Å². The predicted molar refractivity (Wildman–Crippen MR) is 105 cm³/mol. The Bertz CT molecular complexity index is 1130. The Kier molecular flexibility index (Phi) is 5.95. The fourth-order valence-corrected chi connectivity index (χ4v) is 2.69. The molecule has 28 heavy (non-hydrogen) atoms. The second-order valence-corrected chi connectivity index (χ2v) is 5.88. The zero-order valence-corrected chi connectivity index (χ0v) is 15.2. The third kappa shape index (κ3) is 4.50.